The molecule has 0 fully saturated rings. The van der Waals surface area contributed by atoms with Crippen molar-refractivity contribution in [1.82, 2.24) is 10.1 Å². The third-order valence-corrected chi connectivity index (χ3v) is 3.55. The van der Waals surface area contributed by atoms with E-state index in [-0.39, 0.29) is 24.4 Å². The van der Waals surface area contributed by atoms with Gasteiger partial charge in [0.25, 0.3) is 0 Å². The molecule has 3 amide bonds. The second-order valence-corrected chi connectivity index (χ2v) is 6.15. The molecule has 0 aliphatic carbocycles. The fraction of sp³-hybridized carbons (Fsp3) is 0.389. The minimum atomic E-state index is -0.325. The Morgan fingerprint density at radius 1 is 1.20 bits per heavy atom. The molecule has 1 heterocycles. The molecule has 7 nitrogen and oxygen atoms in total. The number of hydrogen-bond acceptors (Lipinski definition) is 4. The average Bonchev–Trinajstić information content (AvgIpc) is 3.07. The molecule has 1 aromatic heterocycles. The SMILES string of the molecule is CCc1ccccc1NC(=O)N(CC(=O)Nc1ccon1)CC(C)C. The number of benzene rings is 1. The molecule has 0 spiro atoms. The summed E-state index contributed by atoms with van der Waals surface area (Å²) in [6.45, 7) is 6.42. The van der Waals surface area contributed by atoms with Gasteiger partial charge in [0.2, 0.25) is 5.91 Å². The largest absolute Gasteiger partial charge is 0.363 e. The van der Waals surface area contributed by atoms with Gasteiger partial charge in [0.1, 0.15) is 12.8 Å². The summed E-state index contributed by atoms with van der Waals surface area (Å²) < 4.78 is 4.68. The molecule has 0 unspecified atom stereocenters. The van der Waals surface area contributed by atoms with Gasteiger partial charge in [0, 0.05) is 18.3 Å². The van der Waals surface area contributed by atoms with Gasteiger partial charge >= 0.3 is 6.03 Å². The normalized spacial score (nSPS) is 10.6. The summed E-state index contributed by atoms with van der Waals surface area (Å²) in [5.74, 6) is 0.228. The van der Waals surface area contributed by atoms with Gasteiger partial charge in [0.15, 0.2) is 5.82 Å². The lowest BCUT2D eigenvalue weighted by Gasteiger charge is -2.24. The van der Waals surface area contributed by atoms with Crippen molar-refractivity contribution >= 4 is 23.4 Å². The summed E-state index contributed by atoms with van der Waals surface area (Å²) in [6, 6.07) is 8.89. The van der Waals surface area contributed by atoms with Gasteiger partial charge in [0.05, 0.1) is 0 Å². The molecule has 2 N–H and O–H groups in total. The van der Waals surface area contributed by atoms with E-state index in [2.05, 4.69) is 20.3 Å². The van der Waals surface area contributed by atoms with E-state index in [1.807, 2.05) is 45.0 Å². The van der Waals surface area contributed by atoms with Crippen molar-refractivity contribution in [2.75, 3.05) is 23.7 Å². The Kier molecular flexibility index (Phi) is 6.56. The molecule has 0 radical (unpaired) electrons. The molecule has 134 valence electrons. The standard InChI is InChI=1S/C18H24N4O3/c1-4-14-7-5-6-8-15(14)19-18(24)22(11-13(2)3)12-17(23)20-16-9-10-25-21-16/h5-10,13H,4,11-12H2,1-3H3,(H,19,24)(H,20,21,23). The van der Waals surface area contributed by atoms with Gasteiger partial charge in [-0.25, -0.2) is 4.79 Å². The number of nitrogens with zero attached hydrogens (tertiary/aromatic N) is 2. The minimum Gasteiger partial charge on any atom is -0.363 e. The number of carbonyl (C=O) groups excluding carboxylic acids is 2. The van der Waals surface area contributed by atoms with E-state index in [0.717, 1.165) is 17.7 Å². The Labute approximate surface area is 147 Å². The lowest BCUT2D eigenvalue weighted by molar-refractivity contribution is -0.116. The highest BCUT2D eigenvalue weighted by Crippen LogP contribution is 2.16. The van der Waals surface area contributed by atoms with Crippen molar-refractivity contribution in [3.05, 3.63) is 42.2 Å². The third-order valence-electron chi connectivity index (χ3n) is 3.55. The number of urea groups is 1. The monoisotopic (exact) mass is 344 g/mol. The summed E-state index contributed by atoms with van der Waals surface area (Å²) in [5, 5.41) is 9.14. The smallest absolute Gasteiger partial charge is 0.322 e. The van der Waals surface area contributed by atoms with E-state index >= 15 is 0 Å². The van der Waals surface area contributed by atoms with Gasteiger partial charge in [-0.3, -0.25) is 4.79 Å². The molecule has 25 heavy (non-hydrogen) atoms. The number of amides is 3. The number of aryl methyl sites for hydroxylation is 1. The fourth-order valence-electron chi connectivity index (χ4n) is 2.44. The number of carbonyl (C=O) groups is 2. The van der Waals surface area contributed by atoms with E-state index in [9.17, 15) is 9.59 Å². The van der Waals surface area contributed by atoms with E-state index in [0.29, 0.717) is 12.4 Å². The number of hydrogen-bond donors (Lipinski definition) is 2. The zero-order chi connectivity index (χ0) is 18.2. The van der Waals surface area contributed by atoms with Gasteiger partial charge < -0.3 is 20.1 Å². The highest BCUT2D eigenvalue weighted by Gasteiger charge is 2.19. The molecular formula is C18H24N4O3. The highest BCUT2D eigenvalue weighted by atomic mass is 16.5. The van der Waals surface area contributed by atoms with Crippen LogP contribution in [0.2, 0.25) is 0 Å². The quantitative estimate of drug-likeness (QED) is 0.806. The highest BCUT2D eigenvalue weighted by molar-refractivity contribution is 5.96. The summed E-state index contributed by atoms with van der Waals surface area (Å²) in [4.78, 5) is 26.3. The fourth-order valence-corrected chi connectivity index (χ4v) is 2.44. The van der Waals surface area contributed by atoms with E-state index in [4.69, 9.17) is 0 Å². The van der Waals surface area contributed by atoms with Crippen molar-refractivity contribution in [3.8, 4) is 0 Å². The maximum atomic E-state index is 12.7. The van der Waals surface area contributed by atoms with Crippen LogP contribution in [0.1, 0.15) is 26.3 Å². The second kappa shape index (κ2) is 8.86. The Bertz CT molecular complexity index is 698. The zero-order valence-corrected chi connectivity index (χ0v) is 14.8. The van der Waals surface area contributed by atoms with Crippen molar-refractivity contribution in [2.45, 2.75) is 27.2 Å². The first-order valence-electron chi connectivity index (χ1n) is 8.33. The first kappa shape index (κ1) is 18.5. The Balaban J connectivity index is 2.04. The van der Waals surface area contributed by atoms with Crippen LogP contribution in [0.3, 0.4) is 0 Å². The molecule has 7 heteroatoms. The summed E-state index contributed by atoms with van der Waals surface area (Å²) in [7, 11) is 0. The van der Waals surface area contributed by atoms with Crippen molar-refractivity contribution < 1.29 is 14.1 Å². The van der Waals surface area contributed by atoms with E-state index in [1.165, 1.54) is 11.2 Å². The van der Waals surface area contributed by atoms with Crippen LogP contribution in [-0.2, 0) is 11.2 Å². The van der Waals surface area contributed by atoms with Crippen LogP contribution in [0, 0.1) is 5.92 Å². The van der Waals surface area contributed by atoms with Crippen molar-refractivity contribution in [2.24, 2.45) is 5.92 Å². The lowest BCUT2D eigenvalue weighted by Crippen LogP contribution is -2.42. The summed E-state index contributed by atoms with van der Waals surface area (Å²) in [5.41, 5.74) is 1.81. The summed E-state index contributed by atoms with van der Waals surface area (Å²) in [6.07, 6.45) is 2.18. The van der Waals surface area contributed by atoms with Crippen LogP contribution in [0.25, 0.3) is 0 Å². The van der Waals surface area contributed by atoms with Crippen LogP contribution in [0.4, 0.5) is 16.3 Å². The first-order chi connectivity index (χ1) is 12.0. The Morgan fingerprint density at radius 2 is 1.96 bits per heavy atom. The molecule has 2 aromatic rings. The molecular weight excluding hydrogens is 320 g/mol. The zero-order valence-electron chi connectivity index (χ0n) is 14.8. The first-order valence-corrected chi connectivity index (χ1v) is 8.33. The third kappa shape index (κ3) is 5.63. The lowest BCUT2D eigenvalue weighted by atomic mass is 10.1. The topological polar surface area (TPSA) is 87.5 Å². The molecule has 1 aromatic carbocycles. The second-order valence-electron chi connectivity index (χ2n) is 6.15. The van der Waals surface area contributed by atoms with Gasteiger partial charge in [-0.1, -0.05) is 44.1 Å². The molecule has 0 saturated carbocycles. The molecule has 2 rings (SSSR count). The molecule has 0 bridgehead atoms. The minimum absolute atomic E-state index is 0.0643. The number of para-hydroxylation sites is 1. The van der Waals surface area contributed by atoms with Crippen LogP contribution in [0.15, 0.2) is 41.1 Å². The van der Waals surface area contributed by atoms with Gasteiger partial charge in [-0.05, 0) is 24.0 Å². The number of nitrogens with one attached hydrogen (secondary N) is 2. The Morgan fingerprint density at radius 3 is 2.60 bits per heavy atom. The van der Waals surface area contributed by atoms with E-state index < -0.39 is 0 Å². The predicted molar refractivity (Wildman–Crippen MR) is 96.4 cm³/mol. The maximum Gasteiger partial charge on any atom is 0.322 e. The Hall–Kier alpha value is -2.83. The molecule has 0 aliphatic rings. The van der Waals surface area contributed by atoms with Crippen LogP contribution in [-0.4, -0.2) is 35.1 Å². The van der Waals surface area contributed by atoms with Gasteiger partial charge in [-0.2, -0.15) is 0 Å². The van der Waals surface area contributed by atoms with Crippen molar-refractivity contribution in [1.29, 1.82) is 0 Å². The van der Waals surface area contributed by atoms with Crippen molar-refractivity contribution in [3.63, 3.8) is 0 Å². The van der Waals surface area contributed by atoms with Gasteiger partial charge in [-0.15, -0.1) is 0 Å². The average molecular weight is 344 g/mol. The van der Waals surface area contributed by atoms with Crippen LogP contribution >= 0.6 is 0 Å². The summed E-state index contributed by atoms with van der Waals surface area (Å²) >= 11 is 0. The molecule has 0 saturated heterocycles. The number of aromatic nitrogens is 1. The van der Waals surface area contributed by atoms with E-state index in [1.54, 1.807) is 6.07 Å². The van der Waals surface area contributed by atoms with Crippen LogP contribution in [0.5, 0.6) is 0 Å². The molecule has 0 atom stereocenters. The number of rotatable bonds is 7. The maximum absolute atomic E-state index is 12.7. The number of anilines is 2. The predicted octanol–water partition coefficient (Wildman–Crippen LogP) is 3.37. The molecule has 0 aliphatic heterocycles. The van der Waals surface area contributed by atoms with Crippen LogP contribution < -0.4 is 10.6 Å².